The monoisotopic (exact) mass is 283 g/mol. The van der Waals surface area contributed by atoms with Crippen LogP contribution in [0.4, 0.5) is 0 Å². The highest BCUT2D eigenvalue weighted by molar-refractivity contribution is 7.99. The van der Waals surface area contributed by atoms with Crippen molar-refractivity contribution in [1.82, 2.24) is 14.8 Å². The summed E-state index contributed by atoms with van der Waals surface area (Å²) in [6.07, 6.45) is 2.12. The molecule has 1 aromatic heterocycles. The van der Waals surface area contributed by atoms with Crippen LogP contribution in [0.25, 0.3) is 0 Å². The van der Waals surface area contributed by atoms with Crippen molar-refractivity contribution in [2.24, 2.45) is 5.73 Å². The van der Waals surface area contributed by atoms with Gasteiger partial charge in [0.2, 0.25) is 0 Å². The fraction of sp³-hybridized carbons (Fsp3) is 0.750. The Bertz CT molecular complexity index is 501. The van der Waals surface area contributed by atoms with Crippen LogP contribution in [0.2, 0.25) is 0 Å². The largest absolute Gasteiger partial charge is 0.344 e. The Labute approximate surface area is 117 Å². The first-order valence-electron chi connectivity index (χ1n) is 6.43. The van der Waals surface area contributed by atoms with E-state index in [1.54, 1.807) is 4.57 Å². The molecule has 0 amide bonds. The van der Waals surface area contributed by atoms with Crippen LogP contribution in [0.1, 0.15) is 46.1 Å². The van der Waals surface area contributed by atoms with Gasteiger partial charge < -0.3 is 5.73 Å². The smallest absolute Gasteiger partial charge is 0.313 e. The zero-order valence-corrected chi connectivity index (χ0v) is 12.5. The first kappa shape index (κ1) is 15.8. The average molecular weight is 283 g/mol. The molecule has 7 heteroatoms. The molecule has 1 rings (SSSR count). The maximum absolute atomic E-state index is 11.5. The molecule has 1 atom stereocenters. The first-order chi connectivity index (χ1) is 8.93. The maximum Gasteiger partial charge on any atom is 0.344 e. The number of nitrogens with two attached hydrogens (primary N) is 1. The van der Waals surface area contributed by atoms with Crippen LogP contribution in [0.5, 0.6) is 0 Å². The zero-order chi connectivity index (χ0) is 14.5. The molecule has 3 N–H and O–H groups in total. The van der Waals surface area contributed by atoms with Gasteiger partial charge in [-0.25, -0.2) is 9.89 Å². The van der Waals surface area contributed by atoms with E-state index in [1.165, 1.54) is 11.8 Å². The van der Waals surface area contributed by atoms with Crippen LogP contribution >= 0.6 is 11.8 Å². The molecule has 1 unspecified atom stereocenters. The van der Waals surface area contributed by atoms with Gasteiger partial charge in [-0.15, -0.1) is 5.10 Å². The van der Waals surface area contributed by atoms with E-state index >= 15 is 0 Å². The second kappa shape index (κ2) is 6.78. The third-order valence-corrected chi connectivity index (χ3v) is 4.08. The highest BCUT2D eigenvalue weighted by Gasteiger charge is 2.21. The number of rotatable bonds is 7. The Morgan fingerprint density at radius 2 is 2.32 bits per heavy atom. The maximum atomic E-state index is 11.5. The van der Waals surface area contributed by atoms with E-state index in [0.717, 1.165) is 12.2 Å². The van der Waals surface area contributed by atoms with Gasteiger partial charge in [0.25, 0.3) is 0 Å². The number of hydrogen-bond donors (Lipinski definition) is 2. The van der Waals surface area contributed by atoms with Gasteiger partial charge >= 0.3 is 5.69 Å². The summed E-state index contributed by atoms with van der Waals surface area (Å²) in [5.74, 6) is 0.789. The molecular weight excluding hydrogens is 262 g/mol. The van der Waals surface area contributed by atoms with Crippen LogP contribution in [0.3, 0.4) is 0 Å². The second-order valence-electron chi connectivity index (χ2n) is 4.85. The number of nitriles is 1. The molecule has 1 heterocycles. The Balaban J connectivity index is 2.51. The molecule has 0 saturated carbocycles. The van der Waals surface area contributed by atoms with E-state index in [1.807, 2.05) is 20.8 Å². The first-order valence-corrected chi connectivity index (χ1v) is 7.42. The van der Waals surface area contributed by atoms with E-state index in [4.69, 9.17) is 11.0 Å². The van der Waals surface area contributed by atoms with Gasteiger partial charge in [0.1, 0.15) is 5.54 Å². The summed E-state index contributed by atoms with van der Waals surface area (Å²) in [6.45, 7) is 5.80. The summed E-state index contributed by atoms with van der Waals surface area (Å²) in [5, 5.41) is 16.1. The van der Waals surface area contributed by atoms with Gasteiger partial charge in [-0.2, -0.15) is 5.26 Å². The Morgan fingerprint density at radius 3 is 2.84 bits per heavy atom. The molecule has 0 aliphatic heterocycles. The van der Waals surface area contributed by atoms with Crippen LogP contribution in [-0.2, 0) is 0 Å². The predicted octanol–water partition coefficient (Wildman–Crippen LogP) is 1.66. The van der Waals surface area contributed by atoms with Crippen molar-refractivity contribution in [2.45, 2.75) is 56.8 Å². The van der Waals surface area contributed by atoms with Gasteiger partial charge in [0, 0.05) is 11.8 Å². The number of hydrogen-bond acceptors (Lipinski definition) is 5. The van der Waals surface area contributed by atoms with Crippen LogP contribution in [0.15, 0.2) is 9.95 Å². The number of aromatic nitrogens is 3. The fourth-order valence-corrected chi connectivity index (χ4v) is 2.72. The SMILES string of the molecule is CCC(N)(C#N)CCCSc1n[nH]c(=O)n1C(C)C. The highest BCUT2D eigenvalue weighted by Crippen LogP contribution is 2.20. The van der Waals surface area contributed by atoms with Crippen molar-refractivity contribution >= 4 is 11.8 Å². The zero-order valence-electron chi connectivity index (χ0n) is 11.6. The molecule has 1 aromatic rings. The molecule has 0 spiro atoms. The quantitative estimate of drug-likeness (QED) is 0.585. The van der Waals surface area contributed by atoms with Gasteiger partial charge in [-0.3, -0.25) is 4.57 Å². The van der Waals surface area contributed by atoms with E-state index in [9.17, 15) is 4.79 Å². The molecule has 0 aromatic carbocycles. The topological polar surface area (TPSA) is 100 Å². The van der Waals surface area contributed by atoms with Gasteiger partial charge in [-0.1, -0.05) is 18.7 Å². The predicted molar refractivity (Wildman–Crippen MR) is 76.0 cm³/mol. The average Bonchev–Trinajstić information content (AvgIpc) is 2.75. The van der Waals surface area contributed by atoms with Crippen molar-refractivity contribution in [1.29, 1.82) is 5.26 Å². The van der Waals surface area contributed by atoms with Crippen molar-refractivity contribution < 1.29 is 0 Å². The van der Waals surface area contributed by atoms with E-state index in [2.05, 4.69) is 16.3 Å². The lowest BCUT2D eigenvalue weighted by atomic mass is 9.94. The van der Waals surface area contributed by atoms with Crippen molar-refractivity contribution in [3.8, 4) is 6.07 Å². The molecule has 0 fully saturated rings. The summed E-state index contributed by atoms with van der Waals surface area (Å²) in [7, 11) is 0. The Hall–Kier alpha value is -1.26. The molecule has 0 aliphatic carbocycles. The molecule has 106 valence electrons. The van der Waals surface area contributed by atoms with Gasteiger partial charge in [0.15, 0.2) is 5.16 Å². The standard InChI is InChI=1S/C12H21N5OS/c1-4-12(14,8-13)6-5-7-19-11-16-15-10(18)17(11)9(2)3/h9H,4-7,14H2,1-3H3,(H,15,18). The summed E-state index contributed by atoms with van der Waals surface area (Å²) >= 11 is 1.51. The lowest BCUT2D eigenvalue weighted by Crippen LogP contribution is -2.37. The Morgan fingerprint density at radius 1 is 1.63 bits per heavy atom. The van der Waals surface area contributed by atoms with Crippen molar-refractivity contribution in [2.75, 3.05) is 5.75 Å². The molecule has 0 radical (unpaired) electrons. The molecule has 0 bridgehead atoms. The fourth-order valence-electron chi connectivity index (χ4n) is 1.71. The number of aromatic amines is 1. The minimum Gasteiger partial charge on any atom is -0.313 e. The normalized spacial score (nSPS) is 14.3. The summed E-state index contributed by atoms with van der Waals surface area (Å²) in [4.78, 5) is 11.5. The molecule has 19 heavy (non-hydrogen) atoms. The lowest BCUT2D eigenvalue weighted by Gasteiger charge is -2.18. The number of nitrogens with one attached hydrogen (secondary N) is 1. The van der Waals surface area contributed by atoms with Crippen molar-refractivity contribution in [3.63, 3.8) is 0 Å². The van der Waals surface area contributed by atoms with Gasteiger partial charge in [0.05, 0.1) is 6.07 Å². The summed E-state index contributed by atoms with van der Waals surface area (Å²) in [6, 6.07) is 2.23. The molecule has 0 aliphatic rings. The Kier molecular flexibility index (Phi) is 5.63. The summed E-state index contributed by atoms with van der Waals surface area (Å²) in [5.41, 5.74) is 4.99. The van der Waals surface area contributed by atoms with E-state index < -0.39 is 5.54 Å². The van der Waals surface area contributed by atoms with Crippen LogP contribution in [-0.4, -0.2) is 26.1 Å². The minimum absolute atomic E-state index is 0.0806. The second-order valence-corrected chi connectivity index (χ2v) is 5.91. The van der Waals surface area contributed by atoms with E-state index in [-0.39, 0.29) is 11.7 Å². The van der Waals surface area contributed by atoms with E-state index in [0.29, 0.717) is 18.0 Å². The van der Waals surface area contributed by atoms with Crippen molar-refractivity contribution in [3.05, 3.63) is 10.5 Å². The van der Waals surface area contributed by atoms with Crippen LogP contribution in [0, 0.1) is 11.3 Å². The number of thioether (sulfide) groups is 1. The molecule has 0 saturated heterocycles. The molecular formula is C12H21N5OS. The third kappa shape index (κ3) is 4.11. The third-order valence-electron chi connectivity index (χ3n) is 3.04. The van der Waals surface area contributed by atoms with Gasteiger partial charge in [-0.05, 0) is 33.1 Å². The number of nitrogens with zero attached hydrogens (tertiary/aromatic N) is 3. The number of H-pyrrole nitrogens is 1. The molecule has 6 nitrogen and oxygen atoms in total. The lowest BCUT2D eigenvalue weighted by molar-refractivity contribution is 0.478. The highest BCUT2D eigenvalue weighted by atomic mass is 32.2. The minimum atomic E-state index is -0.732. The van der Waals surface area contributed by atoms with Crippen LogP contribution < -0.4 is 11.4 Å². The summed E-state index contributed by atoms with van der Waals surface area (Å²) < 4.78 is 1.63.